The van der Waals surface area contributed by atoms with Crippen molar-refractivity contribution in [2.45, 2.75) is 12.5 Å². The third-order valence-corrected chi connectivity index (χ3v) is 1.98. The van der Waals surface area contributed by atoms with Gasteiger partial charge in [0, 0.05) is 17.7 Å². The Bertz CT molecular complexity index is 390. The number of carbonyl (C=O) groups is 2. The van der Waals surface area contributed by atoms with Gasteiger partial charge in [0.1, 0.15) is 6.04 Å². The van der Waals surface area contributed by atoms with Crippen LogP contribution in [-0.2, 0) is 4.79 Å². The first-order valence-electron chi connectivity index (χ1n) is 4.38. The molecule has 80 valence electrons. The molecule has 5 heteroatoms. The maximum atomic E-state index is 11.6. The van der Waals surface area contributed by atoms with Gasteiger partial charge in [0.05, 0.1) is 0 Å². The maximum Gasteiger partial charge on any atom is 0.320 e. The number of nitrogen functional groups attached to an aromatic ring is 1. The molecule has 0 aliphatic rings. The van der Waals surface area contributed by atoms with Gasteiger partial charge in [-0.15, -0.1) is 0 Å². The third kappa shape index (κ3) is 2.78. The highest BCUT2D eigenvalue weighted by Gasteiger charge is 2.18. The van der Waals surface area contributed by atoms with E-state index in [0.29, 0.717) is 11.3 Å². The van der Waals surface area contributed by atoms with Crippen LogP contribution in [0.3, 0.4) is 0 Å². The number of rotatable bonds is 4. The van der Waals surface area contributed by atoms with E-state index in [2.05, 4.69) is 0 Å². The van der Waals surface area contributed by atoms with Gasteiger partial charge in [-0.3, -0.25) is 9.59 Å². The van der Waals surface area contributed by atoms with E-state index in [-0.39, 0.29) is 12.2 Å². The fraction of sp³-hybridized carbons (Fsp3) is 0.200. The van der Waals surface area contributed by atoms with Gasteiger partial charge in [0.25, 0.3) is 0 Å². The largest absolute Gasteiger partial charge is 0.480 e. The number of anilines is 1. The molecule has 1 aromatic rings. The molecule has 1 rings (SSSR count). The van der Waals surface area contributed by atoms with Crippen molar-refractivity contribution >= 4 is 17.4 Å². The fourth-order valence-corrected chi connectivity index (χ4v) is 1.15. The van der Waals surface area contributed by atoms with Crippen molar-refractivity contribution in [1.82, 2.24) is 0 Å². The molecule has 0 saturated carbocycles. The lowest BCUT2D eigenvalue weighted by molar-refractivity contribution is -0.138. The van der Waals surface area contributed by atoms with Gasteiger partial charge in [0.15, 0.2) is 5.78 Å². The van der Waals surface area contributed by atoms with Gasteiger partial charge in [0.2, 0.25) is 0 Å². The molecule has 0 amide bonds. The lowest BCUT2D eigenvalue weighted by Gasteiger charge is -2.07. The second-order valence-corrected chi connectivity index (χ2v) is 3.16. The number of benzene rings is 1. The van der Waals surface area contributed by atoms with Gasteiger partial charge in [-0.25, -0.2) is 0 Å². The lowest BCUT2D eigenvalue weighted by atomic mass is 10.1. The molecule has 5 N–H and O–H groups in total. The Morgan fingerprint density at radius 3 is 2.47 bits per heavy atom. The Labute approximate surface area is 86.7 Å². The molecule has 0 bridgehead atoms. The third-order valence-electron chi connectivity index (χ3n) is 1.98. The predicted molar refractivity (Wildman–Crippen MR) is 55.4 cm³/mol. The highest BCUT2D eigenvalue weighted by Crippen LogP contribution is 2.13. The number of carboxylic acid groups (broad SMARTS) is 1. The number of para-hydroxylation sites is 1. The number of carboxylic acids is 1. The highest BCUT2D eigenvalue weighted by molar-refractivity contribution is 6.02. The number of carbonyl (C=O) groups excluding carboxylic acids is 1. The van der Waals surface area contributed by atoms with Crippen molar-refractivity contribution in [2.24, 2.45) is 5.73 Å². The van der Waals surface area contributed by atoms with Crippen molar-refractivity contribution in [3.8, 4) is 0 Å². The van der Waals surface area contributed by atoms with E-state index < -0.39 is 12.0 Å². The van der Waals surface area contributed by atoms with Crippen LogP contribution in [0.5, 0.6) is 0 Å². The minimum Gasteiger partial charge on any atom is -0.480 e. The zero-order chi connectivity index (χ0) is 11.4. The number of hydrogen-bond donors (Lipinski definition) is 3. The molecule has 0 aromatic heterocycles. The molecule has 1 atom stereocenters. The summed E-state index contributed by atoms with van der Waals surface area (Å²) in [6.07, 6.45) is -0.246. The fourth-order valence-electron chi connectivity index (χ4n) is 1.15. The molecule has 0 aliphatic carbocycles. The molecular weight excluding hydrogens is 199 g/mol. The first-order chi connectivity index (χ1) is 7.02. The highest BCUT2D eigenvalue weighted by atomic mass is 16.5. The first kappa shape index (κ1) is 11.2. The van der Waals surface area contributed by atoms with Crippen LogP contribution < -0.4 is 11.5 Å². The summed E-state index contributed by atoms with van der Waals surface area (Å²) in [6, 6.07) is 5.31. The molecule has 0 heterocycles. The van der Waals surface area contributed by atoms with Crippen LogP contribution in [0.25, 0.3) is 0 Å². The Kier molecular flexibility index (Phi) is 3.41. The number of Topliss-reactive ketones (excluding diaryl/α,β-unsaturated/α-hetero) is 1. The molecule has 15 heavy (non-hydrogen) atoms. The summed E-state index contributed by atoms with van der Waals surface area (Å²) in [6.45, 7) is 0. The van der Waals surface area contributed by atoms with Gasteiger partial charge in [-0.1, -0.05) is 12.1 Å². The summed E-state index contributed by atoms with van der Waals surface area (Å²) in [5, 5.41) is 8.54. The van der Waals surface area contributed by atoms with E-state index in [1.165, 1.54) is 0 Å². The topological polar surface area (TPSA) is 106 Å². The quantitative estimate of drug-likeness (QED) is 0.376. The van der Waals surface area contributed by atoms with Gasteiger partial charge >= 0.3 is 5.97 Å². The van der Waals surface area contributed by atoms with Gasteiger partial charge in [-0.2, -0.15) is 0 Å². The number of nitrogens with two attached hydrogens (primary N) is 2. The summed E-state index contributed by atoms with van der Waals surface area (Å²) in [4.78, 5) is 22.0. The van der Waals surface area contributed by atoms with Crippen LogP contribution in [0.15, 0.2) is 24.3 Å². The average Bonchev–Trinajstić information content (AvgIpc) is 2.18. The summed E-state index contributed by atoms with van der Waals surface area (Å²) in [7, 11) is 0. The molecular formula is C10H12N2O3. The molecule has 0 saturated heterocycles. The minimum absolute atomic E-state index is 0.246. The smallest absolute Gasteiger partial charge is 0.320 e. The molecule has 5 nitrogen and oxygen atoms in total. The monoisotopic (exact) mass is 211 g/mol. The second-order valence-electron chi connectivity index (χ2n) is 3.16. The van der Waals surface area contributed by atoms with Crippen LogP contribution in [-0.4, -0.2) is 22.9 Å². The van der Waals surface area contributed by atoms with E-state index in [0.717, 1.165) is 0 Å². The van der Waals surface area contributed by atoms with Crippen molar-refractivity contribution in [2.75, 3.05) is 5.73 Å². The number of hydrogen-bond acceptors (Lipinski definition) is 4. The minimum atomic E-state index is -1.20. The Morgan fingerprint density at radius 2 is 1.93 bits per heavy atom. The second kappa shape index (κ2) is 4.56. The summed E-state index contributed by atoms with van der Waals surface area (Å²) >= 11 is 0. The Hall–Kier alpha value is -1.88. The maximum absolute atomic E-state index is 11.6. The van der Waals surface area contributed by atoms with Crippen molar-refractivity contribution in [3.05, 3.63) is 29.8 Å². The molecule has 1 unspecified atom stereocenters. The van der Waals surface area contributed by atoms with Crippen molar-refractivity contribution < 1.29 is 14.7 Å². The van der Waals surface area contributed by atoms with Gasteiger partial charge in [-0.05, 0) is 12.1 Å². The number of aliphatic carboxylic acids is 1. The summed E-state index contributed by atoms with van der Waals surface area (Å²) in [5.41, 5.74) is 11.5. The van der Waals surface area contributed by atoms with Crippen LogP contribution >= 0.6 is 0 Å². The molecule has 0 spiro atoms. The van der Waals surface area contributed by atoms with E-state index in [1.807, 2.05) is 0 Å². The van der Waals surface area contributed by atoms with Crippen molar-refractivity contribution in [3.63, 3.8) is 0 Å². The average molecular weight is 211 g/mol. The standard InChI is InChI=1S/C10H12N2O3/c11-7-4-2-1-3-6(7)9(13)5-8(12)10(14)15/h1-4,8H,5,11-12H2,(H,14,15)/i5+1,8+1,10+1. The van der Waals surface area contributed by atoms with E-state index >= 15 is 0 Å². The van der Waals surface area contributed by atoms with E-state index in [4.69, 9.17) is 16.6 Å². The van der Waals surface area contributed by atoms with Crippen molar-refractivity contribution in [1.29, 1.82) is 0 Å². The summed E-state index contributed by atoms with van der Waals surface area (Å²) in [5.74, 6) is -1.55. The molecule has 0 radical (unpaired) electrons. The lowest BCUT2D eigenvalue weighted by Crippen LogP contribution is -2.32. The zero-order valence-corrected chi connectivity index (χ0v) is 8.01. The van der Waals surface area contributed by atoms with Crippen LogP contribution in [0.2, 0.25) is 0 Å². The van der Waals surface area contributed by atoms with E-state index in [1.54, 1.807) is 24.3 Å². The Morgan fingerprint density at radius 1 is 1.33 bits per heavy atom. The zero-order valence-electron chi connectivity index (χ0n) is 8.01. The normalized spacial score (nSPS) is 12.1. The molecule has 0 aliphatic heterocycles. The van der Waals surface area contributed by atoms with Crippen LogP contribution in [0.1, 0.15) is 16.8 Å². The molecule has 1 aromatic carbocycles. The van der Waals surface area contributed by atoms with Crippen LogP contribution in [0, 0.1) is 0 Å². The van der Waals surface area contributed by atoms with Crippen LogP contribution in [0.4, 0.5) is 5.69 Å². The SMILES string of the molecule is Nc1ccccc1C(=O)[13CH2][13CH](N)[13C](=O)O. The van der Waals surface area contributed by atoms with E-state index in [9.17, 15) is 9.59 Å². The van der Waals surface area contributed by atoms with Gasteiger partial charge < -0.3 is 16.6 Å². The number of ketones is 1. The predicted octanol–water partition coefficient (Wildman–Crippen LogP) is 0.254. The molecule has 0 fully saturated rings. The Balaban J connectivity index is 2.78. The first-order valence-corrected chi connectivity index (χ1v) is 4.38. The summed E-state index contributed by atoms with van der Waals surface area (Å²) < 4.78 is 0.